The molecule has 0 aromatic rings. The van der Waals surface area contributed by atoms with Crippen LogP contribution in [0.5, 0.6) is 0 Å². The summed E-state index contributed by atoms with van der Waals surface area (Å²) in [6.07, 6.45) is 0. The monoisotopic (exact) mass is 168 g/mol. The van der Waals surface area contributed by atoms with Gasteiger partial charge in [-0.3, -0.25) is 0 Å². The van der Waals surface area contributed by atoms with Crippen LogP contribution in [0.25, 0.3) is 0 Å². The van der Waals surface area contributed by atoms with Gasteiger partial charge in [0, 0.05) is 0 Å². The molecule has 0 aliphatic heterocycles. The number of aliphatic carboxylic acids is 1. The Labute approximate surface area is 93.6 Å². The summed E-state index contributed by atoms with van der Waals surface area (Å²) in [6, 6.07) is 0. The number of hydrogen-bond acceptors (Lipinski definition) is 1. The number of carboxylic acids is 1. The van der Waals surface area contributed by atoms with E-state index in [1.807, 2.05) is 0 Å². The predicted molar refractivity (Wildman–Crippen MR) is 30.3 cm³/mol. The Balaban J connectivity index is 0. The molecule has 0 amide bonds. The summed E-state index contributed by atoms with van der Waals surface area (Å²) < 4.78 is 0. The second-order valence-electron chi connectivity index (χ2n) is 0.639. The van der Waals surface area contributed by atoms with E-state index in [1.54, 1.807) is 0 Å². The first-order valence-electron chi connectivity index (χ1n) is 1.15. The molecule has 0 atom stereocenters. The molecule has 0 spiro atoms. The van der Waals surface area contributed by atoms with Gasteiger partial charge in [0.05, 0.1) is 0 Å². The number of halogens is 2. The molecule has 0 unspecified atom stereocenters. The second kappa shape index (κ2) is 5.82. The number of hydrogen-bond donors (Lipinski definition) is 1. The van der Waals surface area contributed by atoms with E-state index in [9.17, 15) is 4.79 Å². The fraction of sp³-hybridized carbons (Fsp3) is 0.500. The van der Waals surface area contributed by atoms with Crippen molar-refractivity contribution in [1.29, 1.82) is 0 Å². The van der Waals surface area contributed by atoms with Crippen LogP contribution in [0.2, 0.25) is 0 Å². The Hall–Kier alpha value is 1.69. The average molecular weight is 169 g/mol. The van der Waals surface area contributed by atoms with Crippen molar-refractivity contribution in [1.82, 2.24) is 0 Å². The standard InChI is InChI=1S/C2H2Cl2O2.K.H/c3-1(4)2(5)6;;/h1H,(H,5,6);;. The van der Waals surface area contributed by atoms with E-state index < -0.39 is 10.8 Å². The summed E-state index contributed by atoms with van der Waals surface area (Å²) in [7, 11) is 0. The van der Waals surface area contributed by atoms with E-state index in [2.05, 4.69) is 0 Å². The van der Waals surface area contributed by atoms with E-state index in [0.717, 1.165) is 0 Å². The Kier molecular flexibility index (Phi) is 9.54. The summed E-state index contributed by atoms with van der Waals surface area (Å²) in [4.78, 5) is 8.15. The molecule has 0 aliphatic rings. The quantitative estimate of drug-likeness (QED) is 0.450. The van der Waals surface area contributed by atoms with Gasteiger partial charge in [-0.1, -0.05) is 23.2 Å². The van der Waals surface area contributed by atoms with Crippen LogP contribution in [-0.2, 0) is 4.79 Å². The van der Waals surface area contributed by atoms with Gasteiger partial charge in [-0.2, -0.15) is 0 Å². The van der Waals surface area contributed by atoms with Gasteiger partial charge in [-0.05, 0) is 0 Å². The summed E-state index contributed by atoms with van der Waals surface area (Å²) in [5.74, 6) is -1.21. The molecule has 38 valence electrons. The van der Waals surface area contributed by atoms with Crippen LogP contribution >= 0.6 is 23.2 Å². The maximum atomic E-state index is 9.44. The van der Waals surface area contributed by atoms with Crippen LogP contribution in [0.15, 0.2) is 0 Å². The van der Waals surface area contributed by atoms with E-state index in [4.69, 9.17) is 28.3 Å². The fourth-order valence-corrected chi connectivity index (χ4v) is 0. The van der Waals surface area contributed by atoms with E-state index in [-0.39, 0.29) is 51.4 Å². The molecule has 5 heteroatoms. The molecule has 0 fully saturated rings. The first-order valence-corrected chi connectivity index (χ1v) is 2.03. The molecule has 0 saturated heterocycles. The van der Waals surface area contributed by atoms with E-state index in [0.29, 0.717) is 0 Å². The molecular formula is C2H3Cl2KO2. The minimum absolute atomic E-state index is 0. The molecule has 2 nitrogen and oxygen atoms in total. The predicted octanol–water partition coefficient (Wildman–Crippen LogP) is 0.226. The van der Waals surface area contributed by atoms with E-state index in [1.165, 1.54) is 0 Å². The van der Waals surface area contributed by atoms with Crippen molar-refractivity contribution in [3.63, 3.8) is 0 Å². The van der Waals surface area contributed by atoms with Crippen LogP contribution in [0.1, 0.15) is 0 Å². The van der Waals surface area contributed by atoms with Crippen molar-refractivity contribution in [2.75, 3.05) is 0 Å². The molecular weight excluding hydrogens is 166 g/mol. The molecule has 0 aromatic carbocycles. The fourth-order valence-electron chi connectivity index (χ4n) is 0. The third-order valence-electron chi connectivity index (χ3n) is 0.187. The zero-order valence-corrected chi connectivity index (χ0v) is 4.20. The van der Waals surface area contributed by atoms with Gasteiger partial charge in [-0.15, -0.1) is 0 Å². The number of rotatable bonds is 1. The molecule has 0 bridgehead atoms. The molecule has 0 rings (SSSR count). The first-order chi connectivity index (χ1) is 2.64. The number of alkyl halides is 2. The van der Waals surface area contributed by atoms with Gasteiger partial charge in [-0.25, -0.2) is 4.79 Å². The second-order valence-corrected chi connectivity index (χ2v) is 1.74. The van der Waals surface area contributed by atoms with E-state index >= 15 is 0 Å². The van der Waals surface area contributed by atoms with Gasteiger partial charge in [0.2, 0.25) is 4.84 Å². The normalized spacial score (nSPS) is 7.86. The summed E-state index contributed by atoms with van der Waals surface area (Å²) in [5, 5.41) is 7.73. The van der Waals surface area contributed by atoms with Crippen molar-refractivity contribution < 1.29 is 9.90 Å². The Morgan fingerprint density at radius 3 is 1.71 bits per heavy atom. The van der Waals surface area contributed by atoms with Gasteiger partial charge in [0.1, 0.15) is 0 Å². The van der Waals surface area contributed by atoms with Gasteiger partial charge < -0.3 is 5.11 Å². The zero-order valence-electron chi connectivity index (χ0n) is 2.69. The summed E-state index contributed by atoms with van der Waals surface area (Å²) >= 11 is 9.56. The van der Waals surface area contributed by atoms with Crippen molar-refractivity contribution in [2.24, 2.45) is 0 Å². The molecule has 7 heavy (non-hydrogen) atoms. The maximum absolute atomic E-state index is 9.44. The van der Waals surface area contributed by atoms with Crippen LogP contribution in [-0.4, -0.2) is 67.3 Å². The molecule has 0 saturated carbocycles. The molecule has 1 N–H and O–H groups in total. The van der Waals surface area contributed by atoms with Crippen molar-refractivity contribution in [2.45, 2.75) is 4.84 Å². The summed E-state index contributed by atoms with van der Waals surface area (Å²) in [5.41, 5.74) is 0. The van der Waals surface area contributed by atoms with Crippen LogP contribution in [0.3, 0.4) is 0 Å². The molecule has 0 aliphatic carbocycles. The van der Waals surface area contributed by atoms with Crippen molar-refractivity contribution in [3.05, 3.63) is 0 Å². The zero-order chi connectivity index (χ0) is 5.15. The third kappa shape index (κ3) is 7.69. The number of carbonyl (C=O) groups is 1. The van der Waals surface area contributed by atoms with Crippen LogP contribution < -0.4 is 0 Å². The van der Waals surface area contributed by atoms with Crippen molar-refractivity contribution in [3.8, 4) is 0 Å². The van der Waals surface area contributed by atoms with Gasteiger partial charge >= 0.3 is 57.4 Å². The Bertz CT molecular complexity index is 64.7. The Morgan fingerprint density at radius 1 is 1.57 bits per heavy atom. The SMILES string of the molecule is O=C(O)C(Cl)Cl.[KH]. The average Bonchev–Trinajstić information content (AvgIpc) is 1.36. The molecule has 0 heterocycles. The third-order valence-corrected chi connectivity index (χ3v) is 0.560. The van der Waals surface area contributed by atoms with Crippen LogP contribution in [0.4, 0.5) is 0 Å². The Morgan fingerprint density at radius 2 is 1.71 bits per heavy atom. The van der Waals surface area contributed by atoms with Crippen LogP contribution in [0, 0.1) is 0 Å². The van der Waals surface area contributed by atoms with Gasteiger partial charge in [0.15, 0.2) is 0 Å². The molecule has 0 aromatic heterocycles. The molecule has 0 radical (unpaired) electrons. The van der Waals surface area contributed by atoms with Gasteiger partial charge in [0.25, 0.3) is 0 Å². The summed E-state index contributed by atoms with van der Waals surface area (Å²) in [6.45, 7) is 0. The minimum atomic E-state index is -1.29. The first kappa shape index (κ1) is 11.5. The van der Waals surface area contributed by atoms with Crippen molar-refractivity contribution >= 4 is 80.6 Å². The number of carboxylic acid groups (broad SMARTS) is 1. The topological polar surface area (TPSA) is 37.3 Å².